The van der Waals surface area contributed by atoms with Crippen LogP contribution in [0.5, 0.6) is 0 Å². The van der Waals surface area contributed by atoms with Crippen LogP contribution in [-0.4, -0.2) is 89.5 Å². The Morgan fingerprint density at radius 1 is 1.40 bits per heavy atom. The van der Waals surface area contributed by atoms with Crippen molar-refractivity contribution >= 4 is 11.8 Å². The van der Waals surface area contributed by atoms with E-state index in [-0.39, 0.29) is 17.7 Å². The van der Waals surface area contributed by atoms with Crippen LogP contribution >= 0.6 is 0 Å². The first-order valence-electron chi connectivity index (χ1n) is 8.94. The number of aromatic nitrogens is 2. The van der Waals surface area contributed by atoms with Crippen molar-refractivity contribution < 1.29 is 14.3 Å². The zero-order valence-corrected chi connectivity index (χ0v) is 14.8. The van der Waals surface area contributed by atoms with E-state index in [2.05, 4.69) is 14.9 Å². The van der Waals surface area contributed by atoms with Crippen molar-refractivity contribution in [2.24, 2.45) is 5.92 Å². The molecule has 0 unspecified atom stereocenters. The number of rotatable bonds is 6. The van der Waals surface area contributed by atoms with E-state index in [0.29, 0.717) is 32.5 Å². The lowest BCUT2D eigenvalue weighted by molar-refractivity contribution is -0.142. The van der Waals surface area contributed by atoms with Gasteiger partial charge in [-0.3, -0.25) is 14.5 Å². The fraction of sp³-hybridized carbons (Fsp3) is 0.706. The summed E-state index contributed by atoms with van der Waals surface area (Å²) in [6.07, 6.45) is 4.52. The van der Waals surface area contributed by atoms with E-state index < -0.39 is 0 Å². The predicted octanol–water partition coefficient (Wildman–Crippen LogP) is -0.0611. The minimum absolute atomic E-state index is 0.0836. The number of H-pyrrole nitrogens is 1. The lowest BCUT2D eigenvalue weighted by atomic mass is 9.96. The van der Waals surface area contributed by atoms with E-state index >= 15 is 0 Å². The van der Waals surface area contributed by atoms with Crippen molar-refractivity contribution in [3.63, 3.8) is 0 Å². The van der Waals surface area contributed by atoms with Crippen molar-refractivity contribution in [1.29, 1.82) is 0 Å². The Kier molecular flexibility index (Phi) is 6.04. The molecule has 3 heterocycles. The largest absolute Gasteiger partial charge is 0.379 e. The minimum atomic E-state index is -0.123. The van der Waals surface area contributed by atoms with Gasteiger partial charge in [0.05, 0.1) is 25.7 Å². The number of aromatic amines is 1. The van der Waals surface area contributed by atoms with Crippen molar-refractivity contribution in [1.82, 2.24) is 24.7 Å². The molecule has 25 heavy (non-hydrogen) atoms. The van der Waals surface area contributed by atoms with Crippen molar-refractivity contribution in [3.05, 3.63) is 18.2 Å². The third-order valence-corrected chi connectivity index (χ3v) is 4.96. The summed E-state index contributed by atoms with van der Waals surface area (Å²) in [6, 6.07) is 0. The summed E-state index contributed by atoms with van der Waals surface area (Å²) in [5.41, 5.74) is 0. The van der Waals surface area contributed by atoms with E-state index in [1.165, 1.54) is 0 Å². The first kappa shape index (κ1) is 17.9. The fourth-order valence-electron chi connectivity index (χ4n) is 3.42. The van der Waals surface area contributed by atoms with Gasteiger partial charge in [-0.05, 0) is 6.42 Å². The Balaban J connectivity index is 1.50. The Morgan fingerprint density at radius 2 is 2.20 bits per heavy atom. The molecule has 2 fully saturated rings. The Labute approximate surface area is 148 Å². The molecule has 138 valence electrons. The molecule has 1 aromatic heterocycles. The summed E-state index contributed by atoms with van der Waals surface area (Å²) < 4.78 is 5.35. The standard InChI is InChI=1S/C17H27N5O3/c1-20(13-15-18-4-5-19-15)17(24)14-2-3-16(23)22(12-14)7-6-21-8-10-25-11-9-21/h4-5,14H,2-3,6-13H2,1H3,(H,18,19)/t14-/m0/s1. The highest BCUT2D eigenvalue weighted by Crippen LogP contribution is 2.20. The third kappa shape index (κ3) is 4.79. The number of nitrogens with zero attached hydrogens (tertiary/aromatic N) is 4. The monoisotopic (exact) mass is 349 g/mol. The quantitative estimate of drug-likeness (QED) is 0.778. The van der Waals surface area contributed by atoms with E-state index in [4.69, 9.17) is 4.74 Å². The molecule has 0 bridgehead atoms. The van der Waals surface area contributed by atoms with Gasteiger partial charge in [-0.1, -0.05) is 0 Å². The number of morpholine rings is 1. The topological polar surface area (TPSA) is 81.8 Å². The number of hydrogen-bond acceptors (Lipinski definition) is 5. The molecule has 0 saturated carbocycles. The van der Waals surface area contributed by atoms with Crippen LogP contribution in [0.2, 0.25) is 0 Å². The number of piperidine rings is 1. The molecule has 1 atom stereocenters. The molecule has 1 N–H and O–H groups in total. The van der Waals surface area contributed by atoms with Gasteiger partial charge in [0.25, 0.3) is 0 Å². The Bertz CT molecular complexity index is 571. The number of ether oxygens (including phenoxy) is 1. The van der Waals surface area contributed by atoms with Gasteiger partial charge in [0, 0.05) is 58.6 Å². The van der Waals surface area contributed by atoms with Crippen molar-refractivity contribution in [2.45, 2.75) is 19.4 Å². The van der Waals surface area contributed by atoms with Crippen LogP contribution in [0.4, 0.5) is 0 Å². The summed E-state index contributed by atoms with van der Waals surface area (Å²) in [6.45, 7) is 5.85. The lowest BCUT2D eigenvalue weighted by Crippen LogP contribution is -2.49. The SMILES string of the molecule is CN(Cc1ncc[nH]1)C(=O)[C@H]1CCC(=O)N(CCN2CCOCC2)C1. The second-order valence-electron chi connectivity index (χ2n) is 6.76. The Hall–Kier alpha value is -1.93. The molecule has 8 heteroatoms. The zero-order chi connectivity index (χ0) is 17.6. The molecule has 0 radical (unpaired) electrons. The van der Waals surface area contributed by atoms with Crippen LogP contribution in [-0.2, 0) is 20.9 Å². The first-order chi connectivity index (χ1) is 12.1. The van der Waals surface area contributed by atoms with E-state index in [0.717, 1.165) is 38.7 Å². The maximum Gasteiger partial charge on any atom is 0.227 e. The van der Waals surface area contributed by atoms with Crippen molar-refractivity contribution in [3.8, 4) is 0 Å². The molecule has 2 aliphatic rings. The van der Waals surface area contributed by atoms with E-state index in [1.54, 1.807) is 24.3 Å². The fourth-order valence-corrected chi connectivity index (χ4v) is 3.42. The third-order valence-electron chi connectivity index (χ3n) is 4.96. The zero-order valence-electron chi connectivity index (χ0n) is 14.8. The highest BCUT2D eigenvalue weighted by molar-refractivity contribution is 5.83. The number of nitrogens with one attached hydrogen (secondary N) is 1. The van der Waals surface area contributed by atoms with Crippen LogP contribution in [0.15, 0.2) is 12.4 Å². The van der Waals surface area contributed by atoms with Crippen LogP contribution in [0.1, 0.15) is 18.7 Å². The van der Waals surface area contributed by atoms with Crippen molar-refractivity contribution in [2.75, 3.05) is 53.0 Å². The van der Waals surface area contributed by atoms with Gasteiger partial charge >= 0.3 is 0 Å². The first-order valence-corrected chi connectivity index (χ1v) is 8.94. The van der Waals surface area contributed by atoms with Crippen LogP contribution in [0.25, 0.3) is 0 Å². The molecule has 2 aliphatic heterocycles. The molecule has 0 aromatic carbocycles. The summed E-state index contributed by atoms with van der Waals surface area (Å²) in [5.74, 6) is 0.889. The highest BCUT2D eigenvalue weighted by Gasteiger charge is 2.32. The highest BCUT2D eigenvalue weighted by atomic mass is 16.5. The second kappa shape index (κ2) is 8.44. The molecule has 2 amide bonds. The molecule has 0 aliphatic carbocycles. The second-order valence-corrected chi connectivity index (χ2v) is 6.76. The van der Waals surface area contributed by atoms with E-state index in [9.17, 15) is 9.59 Å². The predicted molar refractivity (Wildman–Crippen MR) is 91.6 cm³/mol. The summed E-state index contributed by atoms with van der Waals surface area (Å²) in [7, 11) is 1.79. The van der Waals surface area contributed by atoms with Gasteiger partial charge in [-0.25, -0.2) is 4.98 Å². The minimum Gasteiger partial charge on any atom is -0.379 e. The Morgan fingerprint density at radius 3 is 2.92 bits per heavy atom. The van der Waals surface area contributed by atoms with Crippen LogP contribution in [0, 0.1) is 5.92 Å². The molecular formula is C17H27N5O3. The number of amides is 2. The normalized spacial score (nSPS) is 22.2. The van der Waals surface area contributed by atoms with Gasteiger partial charge in [-0.2, -0.15) is 0 Å². The van der Waals surface area contributed by atoms with Crippen LogP contribution < -0.4 is 0 Å². The lowest BCUT2D eigenvalue weighted by Gasteiger charge is -2.35. The average Bonchev–Trinajstić information content (AvgIpc) is 3.14. The molecule has 8 nitrogen and oxygen atoms in total. The smallest absolute Gasteiger partial charge is 0.227 e. The number of likely N-dealkylation sites (tertiary alicyclic amines) is 1. The van der Waals surface area contributed by atoms with Gasteiger partial charge in [0.1, 0.15) is 5.82 Å². The maximum absolute atomic E-state index is 12.7. The molecule has 2 saturated heterocycles. The summed E-state index contributed by atoms with van der Waals surface area (Å²) >= 11 is 0. The molecule has 1 aromatic rings. The summed E-state index contributed by atoms with van der Waals surface area (Å²) in [4.78, 5) is 37.9. The van der Waals surface area contributed by atoms with Gasteiger partial charge in [-0.15, -0.1) is 0 Å². The number of imidazole rings is 1. The van der Waals surface area contributed by atoms with Crippen LogP contribution in [0.3, 0.4) is 0 Å². The van der Waals surface area contributed by atoms with Gasteiger partial charge in [0.15, 0.2) is 0 Å². The summed E-state index contributed by atoms with van der Waals surface area (Å²) in [5, 5.41) is 0. The number of carbonyl (C=O) groups is 2. The van der Waals surface area contributed by atoms with Gasteiger partial charge in [0.2, 0.25) is 11.8 Å². The maximum atomic E-state index is 12.7. The van der Waals surface area contributed by atoms with Gasteiger partial charge < -0.3 is 19.5 Å². The number of hydrogen-bond donors (Lipinski definition) is 1. The molecule has 0 spiro atoms. The molecular weight excluding hydrogens is 322 g/mol. The van der Waals surface area contributed by atoms with E-state index in [1.807, 2.05) is 4.90 Å². The molecule has 3 rings (SSSR count). The number of carbonyl (C=O) groups excluding carboxylic acids is 2. The average molecular weight is 349 g/mol.